The van der Waals surface area contributed by atoms with E-state index in [2.05, 4.69) is 10.2 Å². The third-order valence-corrected chi connectivity index (χ3v) is 6.06. The molecule has 0 bridgehead atoms. The number of carbonyl (C=O) groups is 2. The maximum Gasteiger partial charge on any atom is 0.359 e. The monoisotopic (exact) mass is 427 g/mol. The number of aromatic nitrogens is 2. The van der Waals surface area contributed by atoms with Crippen molar-refractivity contribution in [2.75, 3.05) is 23.7 Å². The van der Waals surface area contributed by atoms with Gasteiger partial charge in [0.1, 0.15) is 0 Å². The molecule has 10 heteroatoms. The number of H-pyrrole nitrogens is 1. The summed E-state index contributed by atoms with van der Waals surface area (Å²) in [5.74, 6) is -1.27. The van der Waals surface area contributed by atoms with Gasteiger partial charge in [-0.3, -0.25) is 13.9 Å². The van der Waals surface area contributed by atoms with Crippen LogP contribution in [0, 0.1) is 0 Å². The molecule has 1 aliphatic rings. The molecule has 154 valence electrons. The Morgan fingerprint density at radius 2 is 1.90 bits per heavy atom. The zero-order chi connectivity index (χ0) is 21.5. The van der Waals surface area contributed by atoms with Crippen LogP contribution in [-0.4, -0.2) is 49.8 Å². The summed E-state index contributed by atoms with van der Waals surface area (Å²) in [6.07, 6.45) is 1.63. The molecular weight excluding hydrogens is 410 g/mol. The van der Waals surface area contributed by atoms with E-state index >= 15 is 0 Å². The molecule has 0 radical (unpaired) electrons. The van der Waals surface area contributed by atoms with Gasteiger partial charge in [-0.05, 0) is 36.2 Å². The average molecular weight is 427 g/mol. The molecule has 0 fully saturated rings. The van der Waals surface area contributed by atoms with E-state index in [1.54, 1.807) is 36.4 Å². The molecule has 0 unspecified atom stereocenters. The molecule has 0 saturated carbocycles. The summed E-state index contributed by atoms with van der Waals surface area (Å²) in [6, 6.07) is 11.2. The first kappa shape index (κ1) is 19.8. The van der Waals surface area contributed by atoms with Crippen molar-refractivity contribution in [3.05, 3.63) is 69.6 Å². The SMILES string of the molecule is CS(=O)(=O)N1CCc2cc(C(=O)COC(=O)c3n[nH]c(=O)c4ccccc34)ccc21. The smallest absolute Gasteiger partial charge is 0.359 e. The molecule has 1 aromatic heterocycles. The number of sulfonamides is 1. The van der Waals surface area contributed by atoms with Crippen molar-refractivity contribution < 1.29 is 22.7 Å². The number of aromatic amines is 1. The highest BCUT2D eigenvalue weighted by molar-refractivity contribution is 7.92. The van der Waals surface area contributed by atoms with Gasteiger partial charge >= 0.3 is 5.97 Å². The number of ketones is 1. The fraction of sp³-hybridized carbons (Fsp3) is 0.200. The van der Waals surface area contributed by atoms with Crippen molar-refractivity contribution in [3.8, 4) is 0 Å². The number of benzene rings is 2. The van der Waals surface area contributed by atoms with Crippen LogP contribution in [0.4, 0.5) is 5.69 Å². The van der Waals surface area contributed by atoms with Crippen molar-refractivity contribution in [2.24, 2.45) is 0 Å². The van der Waals surface area contributed by atoms with Gasteiger partial charge in [0.2, 0.25) is 10.0 Å². The zero-order valence-electron chi connectivity index (χ0n) is 15.9. The van der Waals surface area contributed by atoms with Crippen molar-refractivity contribution in [3.63, 3.8) is 0 Å². The van der Waals surface area contributed by atoms with Crippen LogP contribution in [-0.2, 0) is 21.2 Å². The highest BCUT2D eigenvalue weighted by Crippen LogP contribution is 2.30. The van der Waals surface area contributed by atoms with Crippen LogP contribution in [0.25, 0.3) is 10.8 Å². The molecule has 1 N–H and O–H groups in total. The quantitative estimate of drug-likeness (QED) is 0.480. The first-order chi connectivity index (χ1) is 14.3. The fourth-order valence-electron chi connectivity index (χ4n) is 3.44. The molecule has 9 nitrogen and oxygen atoms in total. The van der Waals surface area contributed by atoms with Crippen LogP contribution < -0.4 is 9.86 Å². The summed E-state index contributed by atoms with van der Waals surface area (Å²) in [6.45, 7) is -0.186. The Morgan fingerprint density at radius 3 is 2.63 bits per heavy atom. The summed E-state index contributed by atoms with van der Waals surface area (Å²) in [7, 11) is -3.38. The number of carbonyl (C=O) groups excluding carboxylic acids is 2. The summed E-state index contributed by atoms with van der Waals surface area (Å²) in [5, 5.41) is 6.61. The van der Waals surface area contributed by atoms with Gasteiger partial charge in [-0.2, -0.15) is 5.10 Å². The van der Waals surface area contributed by atoms with Crippen LogP contribution in [0.1, 0.15) is 26.4 Å². The maximum atomic E-state index is 12.5. The third kappa shape index (κ3) is 3.57. The molecule has 0 spiro atoms. The lowest BCUT2D eigenvalue weighted by molar-refractivity contribution is 0.0470. The summed E-state index contributed by atoms with van der Waals surface area (Å²) in [5.41, 5.74) is 1.09. The lowest BCUT2D eigenvalue weighted by Crippen LogP contribution is -2.27. The molecule has 2 aromatic carbocycles. The van der Waals surface area contributed by atoms with Gasteiger partial charge in [0, 0.05) is 17.5 Å². The standard InChI is InChI=1S/C20H17N3O6S/c1-30(27,28)23-9-8-12-10-13(6-7-16(12)23)17(24)11-29-20(26)18-14-4-2-3-5-15(14)19(25)22-21-18/h2-7,10H,8-9,11H2,1H3,(H,22,25). The molecule has 3 aromatic rings. The Morgan fingerprint density at radius 1 is 1.17 bits per heavy atom. The third-order valence-electron chi connectivity index (χ3n) is 4.88. The largest absolute Gasteiger partial charge is 0.452 e. The number of fused-ring (bicyclic) bond motifs is 2. The fourth-order valence-corrected chi connectivity index (χ4v) is 4.40. The van der Waals surface area contributed by atoms with Gasteiger partial charge in [-0.25, -0.2) is 18.3 Å². The van der Waals surface area contributed by atoms with Gasteiger partial charge in [-0.15, -0.1) is 0 Å². The minimum atomic E-state index is -3.38. The number of rotatable bonds is 5. The molecule has 4 rings (SSSR count). The number of hydrogen-bond acceptors (Lipinski definition) is 7. The van der Waals surface area contributed by atoms with Crippen molar-refractivity contribution in [1.29, 1.82) is 0 Å². The van der Waals surface area contributed by atoms with E-state index in [-0.39, 0.29) is 5.69 Å². The van der Waals surface area contributed by atoms with Crippen LogP contribution >= 0.6 is 0 Å². The topological polar surface area (TPSA) is 126 Å². The number of nitrogens with one attached hydrogen (secondary N) is 1. The van der Waals surface area contributed by atoms with Gasteiger partial charge < -0.3 is 4.74 Å². The Balaban J connectivity index is 1.50. The normalized spacial score (nSPS) is 13.3. The lowest BCUT2D eigenvalue weighted by atomic mass is 10.1. The molecular formula is C20H17N3O6S. The molecule has 0 aliphatic carbocycles. The Kier molecular flexibility index (Phi) is 4.86. The minimum absolute atomic E-state index is 0.0873. The molecule has 0 amide bonds. The molecule has 2 heterocycles. The van der Waals surface area contributed by atoms with Crippen molar-refractivity contribution >= 4 is 38.2 Å². The van der Waals surface area contributed by atoms with Crippen LogP contribution in [0.2, 0.25) is 0 Å². The van der Waals surface area contributed by atoms with E-state index in [4.69, 9.17) is 4.74 Å². The maximum absolute atomic E-state index is 12.5. The Labute approximate surface area is 171 Å². The Bertz CT molecular complexity index is 1350. The summed E-state index contributed by atoms with van der Waals surface area (Å²) >= 11 is 0. The highest BCUT2D eigenvalue weighted by atomic mass is 32.2. The second kappa shape index (κ2) is 7.38. The lowest BCUT2D eigenvalue weighted by Gasteiger charge is -2.16. The number of esters is 1. The number of anilines is 1. The first-order valence-electron chi connectivity index (χ1n) is 9.04. The van der Waals surface area contributed by atoms with E-state index in [9.17, 15) is 22.8 Å². The second-order valence-electron chi connectivity index (χ2n) is 6.87. The molecule has 1 aliphatic heterocycles. The number of ether oxygens (including phenoxy) is 1. The first-order valence-corrected chi connectivity index (χ1v) is 10.9. The van der Waals surface area contributed by atoms with Crippen LogP contribution in [0.3, 0.4) is 0 Å². The van der Waals surface area contributed by atoms with Gasteiger partial charge in [-0.1, -0.05) is 18.2 Å². The van der Waals surface area contributed by atoms with Crippen LogP contribution in [0.5, 0.6) is 0 Å². The number of nitrogens with zero attached hydrogens (tertiary/aromatic N) is 2. The molecule has 0 saturated heterocycles. The van der Waals surface area contributed by atoms with Gasteiger partial charge in [0.05, 0.1) is 17.3 Å². The Hall–Kier alpha value is -3.53. The average Bonchev–Trinajstić information content (AvgIpc) is 3.16. The predicted octanol–water partition coefficient (Wildman–Crippen LogP) is 1.28. The van der Waals surface area contributed by atoms with E-state index in [1.165, 1.54) is 10.4 Å². The number of hydrogen-bond donors (Lipinski definition) is 1. The van der Waals surface area contributed by atoms with Gasteiger partial charge in [0.15, 0.2) is 18.1 Å². The highest BCUT2D eigenvalue weighted by Gasteiger charge is 2.27. The van der Waals surface area contributed by atoms with Crippen molar-refractivity contribution in [2.45, 2.75) is 6.42 Å². The van der Waals surface area contributed by atoms with E-state index in [1.807, 2.05) is 0 Å². The molecule has 0 atom stereocenters. The molecule has 30 heavy (non-hydrogen) atoms. The van der Waals surface area contributed by atoms with E-state index < -0.39 is 33.9 Å². The second-order valence-corrected chi connectivity index (χ2v) is 8.78. The zero-order valence-corrected chi connectivity index (χ0v) is 16.7. The van der Waals surface area contributed by atoms with Crippen LogP contribution in [0.15, 0.2) is 47.3 Å². The summed E-state index contributed by atoms with van der Waals surface area (Å²) < 4.78 is 30.0. The van der Waals surface area contributed by atoms with E-state index in [0.29, 0.717) is 35.0 Å². The van der Waals surface area contributed by atoms with Crippen molar-refractivity contribution in [1.82, 2.24) is 10.2 Å². The van der Waals surface area contributed by atoms with Gasteiger partial charge in [0.25, 0.3) is 5.56 Å². The minimum Gasteiger partial charge on any atom is -0.452 e. The number of Topliss-reactive ketones (excluding diaryl/α,β-unsaturated/α-hetero) is 1. The predicted molar refractivity (Wildman–Crippen MR) is 109 cm³/mol. The summed E-state index contributed by atoms with van der Waals surface area (Å²) in [4.78, 5) is 36.7. The van der Waals surface area contributed by atoms with E-state index in [0.717, 1.165) is 11.8 Å².